The molecule has 18 heavy (non-hydrogen) atoms. The maximum atomic E-state index is 6.28. The van der Waals surface area contributed by atoms with Gasteiger partial charge in [0.2, 0.25) is 0 Å². The summed E-state index contributed by atoms with van der Waals surface area (Å²) in [6.07, 6.45) is 1.85. The molecule has 0 spiro atoms. The number of fused-ring (bicyclic) bond motifs is 1. The van der Waals surface area contributed by atoms with Crippen LogP contribution in [0, 0.1) is 6.92 Å². The minimum Gasteiger partial charge on any atom is -0.368 e. The third-order valence-corrected chi connectivity index (χ3v) is 3.67. The topological polar surface area (TPSA) is 28.2 Å². The van der Waals surface area contributed by atoms with Gasteiger partial charge in [-0.2, -0.15) is 0 Å². The summed E-state index contributed by atoms with van der Waals surface area (Å²) in [5.41, 5.74) is 3.32. The number of aromatic nitrogens is 1. The van der Waals surface area contributed by atoms with Crippen LogP contribution in [0.15, 0.2) is 24.4 Å². The molecule has 1 saturated heterocycles. The molecule has 0 bridgehead atoms. The molecule has 1 aromatic heterocycles. The average Bonchev–Trinajstić information content (AvgIpc) is 2.39. The average molecular weight is 262 g/mol. The smallest absolute Gasteiger partial charge is 0.0909 e. The number of benzene rings is 1. The summed E-state index contributed by atoms with van der Waals surface area (Å²) in [5.74, 6) is 0. The lowest BCUT2D eigenvalue weighted by Gasteiger charge is -2.30. The van der Waals surface area contributed by atoms with Gasteiger partial charge in [-0.15, -0.1) is 0 Å². The van der Waals surface area contributed by atoms with Crippen molar-refractivity contribution in [2.24, 2.45) is 0 Å². The first kappa shape index (κ1) is 11.8. The van der Waals surface area contributed by atoms with E-state index >= 15 is 0 Å². The molecule has 94 valence electrons. The Morgan fingerprint density at radius 3 is 2.83 bits per heavy atom. The highest BCUT2D eigenvalue weighted by Gasteiger charge is 2.14. The van der Waals surface area contributed by atoms with E-state index in [1.165, 1.54) is 11.3 Å². The van der Waals surface area contributed by atoms with E-state index in [0.717, 1.165) is 42.1 Å². The normalized spacial score (nSPS) is 16.2. The monoisotopic (exact) mass is 261 g/mol. The summed E-state index contributed by atoms with van der Waals surface area (Å²) in [5, 5.41) is 5.27. The maximum Gasteiger partial charge on any atom is 0.0909 e. The van der Waals surface area contributed by atoms with Crippen LogP contribution in [0.2, 0.25) is 5.02 Å². The molecule has 0 radical (unpaired) electrons. The minimum atomic E-state index is 0.738. The number of nitrogens with one attached hydrogen (secondary N) is 1. The number of hydrogen-bond acceptors (Lipinski definition) is 3. The molecule has 1 aromatic carbocycles. The van der Waals surface area contributed by atoms with E-state index in [1.54, 1.807) is 0 Å². The van der Waals surface area contributed by atoms with Gasteiger partial charge in [-0.3, -0.25) is 4.98 Å². The summed E-state index contributed by atoms with van der Waals surface area (Å²) >= 11 is 6.28. The predicted octanol–water partition coefficient (Wildman–Crippen LogP) is 2.61. The standard InChI is InChI=1S/C14H16ClN3/c1-10-8-11-13(18-6-4-16-5-7-18)2-3-17-14(11)12(15)9-10/h2-3,8-9,16H,4-7H2,1H3. The Balaban J connectivity index is 2.16. The van der Waals surface area contributed by atoms with Gasteiger partial charge in [-0.1, -0.05) is 11.6 Å². The third kappa shape index (κ3) is 2.04. The van der Waals surface area contributed by atoms with Gasteiger partial charge >= 0.3 is 0 Å². The molecule has 0 amide bonds. The van der Waals surface area contributed by atoms with Crippen LogP contribution in [-0.4, -0.2) is 31.2 Å². The van der Waals surface area contributed by atoms with Crippen molar-refractivity contribution in [1.29, 1.82) is 0 Å². The number of rotatable bonds is 1. The molecule has 0 atom stereocenters. The van der Waals surface area contributed by atoms with Crippen LogP contribution in [0.5, 0.6) is 0 Å². The van der Waals surface area contributed by atoms with Gasteiger partial charge in [0, 0.05) is 43.4 Å². The van der Waals surface area contributed by atoms with Crippen LogP contribution < -0.4 is 10.2 Å². The van der Waals surface area contributed by atoms with Gasteiger partial charge in [0.15, 0.2) is 0 Å². The van der Waals surface area contributed by atoms with Crippen molar-refractivity contribution >= 4 is 28.2 Å². The first-order chi connectivity index (χ1) is 8.75. The fraction of sp³-hybridized carbons (Fsp3) is 0.357. The van der Waals surface area contributed by atoms with Crippen LogP contribution in [0.25, 0.3) is 10.9 Å². The molecule has 1 aliphatic heterocycles. The van der Waals surface area contributed by atoms with E-state index in [2.05, 4.69) is 34.3 Å². The van der Waals surface area contributed by atoms with Crippen LogP contribution in [0.4, 0.5) is 5.69 Å². The fourth-order valence-corrected chi connectivity index (χ4v) is 2.84. The van der Waals surface area contributed by atoms with E-state index in [1.807, 2.05) is 12.3 Å². The second-order valence-corrected chi connectivity index (χ2v) is 5.12. The second-order valence-electron chi connectivity index (χ2n) is 4.71. The van der Waals surface area contributed by atoms with Gasteiger partial charge in [0.1, 0.15) is 0 Å². The van der Waals surface area contributed by atoms with Crippen molar-refractivity contribution in [2.45, 2.75) is 6.92 Å². The number of nitrogens with zero attached hydrogens (tertiary/aromatic N) is 2. The highest BCUT2D eigenvalue weighted by atomic mass is 35.5. The number of halogens is 1. The molecule has 2 heterocycles. The Hall–Kier alpha value is -1.32. The minimum absolute atomic E-state index is 0.738. The van der Waals surface area contributed by atoms with Crippen molar-refractivity contribution in [3.05, 3.63) is 35.0 Å². The highest BCUT2D eigenvalue weighted by Crippen LogP contribution is 2.31. The largest absolute Gasteiger partial charge is 0.368 e. The SMILES string of the molecule is Cc1cc(Cl)c2nccc(N3CCNCC3)c2c1. The van der Waals surface area contributed by atoms with Crippen LogP contribution in [0.3, 0.4) is 0 Å². The Morgan fingerprint density at radius 2 is 2.06 bits per heavy atom. The van der Waals surface area contributed by atoms with E-state index < -0.39 is 0 Å². The van der Waals surface area contributed by atoms with Crippen molar-refractivity contribution in [1.82, 2.24) is 10.3 Å². The first-order valence-corrected chi connectivity index (χ1v) is 6.64. The Labute approximate surface area is 112 Å². The van der Waals surface area contributed by atoms with Crippen LogP contribution in [0.1, 0.15) is 5.56 Å². The molecule has 3 rings (SSSR count). The summed E-state index contributed by atoms with van der Waals surface area (Å²) < 4.78 is 0. The number of pyridine rings is 1. The first-order valence-electron chi connectivity index (χ1n) is 6.26. The molecule has 2 aromatic rings. The van der Waals surface area contributed by atoms with Gasteiger partial charge in [-0.25, -0.2) is 0 Å². The summed E-state index contributed by atoms with van der Waals surface area (Å²) in [6.45, 7) is 6.20. The molecule has 1 N–H and O–H groups in total. The maximum absolute atomic E-state index is 6.28. The van der Waals surface area contributed by atoms with E-state index in [9.17, 15) is 0 Å². The molecule has 0 unspecified atom stereocenters. The van der Waals surface area contributed by atoms with Gasteiger partial charge in [0.05, 0.1) is 10.5 Å². The molecular weight excluding hydrogens is 246 g/mol. The molecule has 1 fully saturated rings. The summed E-state index contributed by atoms with van der Waals surface area (Å²) in [7, 11) is 0. The molecule has 3 nitrogen and oxygen atoms in total. The van der Waals surface area contributed by atoms with E-state index in [-0.39, 0.29) is 0 Å². The van der Waals surface area contributed by atoms with Crippen molar-refractivity contribution in [3.63, 3.8) is 0 Å². The lowest BCUT2D eigenvalue weighted by molar-refractivity contribution is 0.590. The summed E-state index contributed by atoms with van der Waals surface area (Å²) in [4.78, 5) is 6.80. The zero-order chi connectivity index (χ0) is 12.5. The molecule has 0 aliphatic carbocycles. The Bertz CT molecular complexity index is 577. The van der Waals surface area contributed by atoms with Crippen molar-refractivity contribution in [3.8, 4) is 0 Å². The van der Waals surface area contributed by atoms with Crippen LogP contribution >= 0.6 is 11.6 Å². The molecular formula is C14H16ClN3. The number of hydrogen-bond donors (Lipinski definition) is 1. The van der Waals surface area contributed by atoms with E-state index in [0.29, 0.717) is 0 Å². The van der Waals surface area contributed by atoms with Gasteiger partial charge < -0.3 is 10.2 Å². The third-order valence-electron chi connectivity index (χ3n) is 3.38. The van der Waals surface area contributed by atoms with E-state index in [4.69, 9.17) is 11.6 Å². The fourth-order valence-electron chi connectivity index (χ4n) is 2.51. The number of piperazine rings is 1. The zero-order valence-corrected chi connectivity index (χ0v) is 11.2. The quantitative estimate of drug-likeness (QED) is 0.855. The van der Waals surface area contributed by atoms with Crippen molar-refractivity contribution in [2.75, 3.05) is 31.1 Å². The van der Waals surface area contributed by atoms with Crippen LogP contribution in [-0.2, 0) is 0 Å². The molecule has 0 saturated carbocycles. The second kappa shape index (κ2) is 4.75. The predicted molar refractivity (Wildman–Crippen MR) is 76.6 cm³/mol. The Kier molecular flexibility index (Phi) is 3.10. The molecule has 1 aliphatic rings. The Morgan fingerprint density at radius 1 is 1.28 bits per heavy atom. The van der Waals surface area contributed by atoms with Gasteiger partial charge in [-0.05, 0) is 30.7 Å². The summed E-state index contributed by atoms with van der Waals surface area (Å²) in [6, 6.07) is 6.23. The number of aryl methyl sites for hydroxylation is 1. The number of anilines is 1. The highest BCUT2D eigenvalue weighted by molar-refractivity contribution is 6.35. The van der Waals surface area contributed by atoms with Crippen molar-refractivity contribution < 1.29 is 0 Å². The molecule has 4 heteroatoms. The van der Waals surface area contributed by atoms with Gasteiger partial charge in [0.25, 0.3) is 0 Å². The zero-order valence-electron chi connectivity index (χ0n) is 10.4. The lowest BCUT2D eigenvalue weighted by Crippen LogP contribution is -2.43. The lowest BCUT2D eigenvalue weighted by atomic mass is 10.1.